The highest BCUT2D eigenvalue weighted by Gasteiger charge is 2.20. The van der Waals surface area contributed by atoms with Gasteiger partial charge in [0.2, 0.25) is 0 Å². The molecule has 0 saturated carbocycles. The first-order valence-corrected chi connectivity index (χ1v) is 20.3. The van der Waals surface area contributed by atoms with Gasteiger partial charge in [0.05, 0.1) is 11.4 Å². The van der Waals surface area contributed by atoms with Crippen molar-refractivity contribution >= 4 is 55.7 Å². The number of hydrogen-bond acceptors (Lipinski definition) is 2. The molecular formula is C57H42N2. The van der Waals surface area contributed by atoms with Gasteiger partial charge >= 0.3 is 0 Å². The summed E-state index contributed by atoms with van der Waals surface area (Å²) in [4.78, 5) is 4.78. The second kappa shape index (κ2) is 16.1. The predicted octanol–water partition coefficient (Wildman–Crippen LogP) is 15.9. The SMILES string of the molecule is c1ccc(N(c2ccc(-c3cccc4ccccc34)cc2)c2ccccc2Cc2ccc(-c3ccccc3N(c3ccccc3)c3cccc4ccccc34)cc2)cc1. The van der Waals surface area contributed by atoms with E-state index in [1.165, 1.54) is 60.6 Å². The Balaban J connectivity index is 0.991. The topological polar surface area (TPSA) is 6.48 Å². The number of hydrogen-bond donors (Lipinski definition) is 0. The summed E-state index contributed by atoms with van der Waals surface area (Å²) in [7, 11) is 0. The highest BCUT2D eigenvalue weighted by molar-refractivity contribution is 6.01. The molecule has 0 heterocycles. The summed E-state index contributed by atoms with van der Waals surface area (Å²) in [5.41, 5.74) is 14.1. The molecular weight excluding hydrogens is 713 g/mol. The summed E-state index contributed by atoms with van der Waals surface area (Å²) in [6.45, 7) is 0. The summed E-state index contributed by atoms with van der Waals surface area (Å²) in [5.74, 6) is 0. The maximum absolute atomic E-state index is 2.40. The lowest BCUT2D eigenvalue weighted by atomic mass is 9.96. The molecule has 0 N–H and O–H groups in total. The van der Waals surface area contributed by atoms with Gasteiger partial charge in [0.1, 0.15) is 0 Å². The van der Waals surface area contributed by atoms with Crippen molar-refractivity contribution in [2.75, 3.05) is 9.80 Å². The molecule has 0 aliphatic rings. The number of nitrogens with zero attached hydrogens (tertiary/aromatic N) is 2. The van der Waals surface area contributed by atoms with Gasteiger partial charge < -0.3 is 9.80 Å². The van der Waals surface area contributed by atoms with Crippen LogP contribution in [0.3, 0.4) is 0 Å². The Bertz CT molecular complexity index is 3000. The zero-order chi connectivity index (χ0) is 39.4. The van der Waals surface area contributed by atoms with Crippen molar-refractivity contribution in [2.24, 2.45) is 0 Å². The lowest BCUT2D eigenvalue weighted by Crippen LogP contribution is -2.12. The quantitative estimate of drug-likeness (QED) is 0.137. The molecule has 0 unspecified atom stereocenters. The van der Waals surface area contributed by atoms with Crippen molar-refractivity contribution in [3.05, 3.63) is 254 Å². The van der Waals surface area contributed by atoms with Crippen molar-refractivity contribution in [3.8, 4) is 22.3 Å². The number of rotatable bonds is 10. The third-order valence-corrected chi connectivity index (χ3v) is 11.3. The van der Waals surface area contributed by atoms with E-state index < -0.39 is 0 Å². The fourth-order valence-electron chi connectivity index (χ4n) is 8.47. The van der Waals surface area contributed by atoms with E-state index in [2.05, 4.69) is 252 Å². The first-order valence-electron chi connectivity index (χ1n) is 20.3. The van der Waals surface area contributed by atoms with Gasteiger partial charge in [0, 0.05) is 33.7 Å². The van der Waals surface area contributed by atoms with Crippen molar-refractivity contribution in [1.82, 2.24) is 0 Å². The highest BCUT2D eigenvalue weighted by atomic mass is 15.2. The van der Waals surface area contributed by atoms with Crippen LogP contribution in [0.1, 0.15) is 11.1 Å². The average Bonchev–Trinajstić information content (AvgIpc) is 3.31. The second-order valence-electron chi connectivity index (χ2n) is 14.9. The minimum Gasteiger partial charge on any atom is -0.310 e. The number of fused-ring (bicyclic) bond motifs is 2. The molecule has 0 aliphatic carbocycles. The summed E-state index contributed by atoms with van der Waals surface area (Å²) in [6, 6.07) is 87.5. The van der Waals surface area contributed by atoms with Crippen LogP contribution in [0, 0.1) is 0 Å². The Kier molecular flexibility index (Phi) is 9.72. The van der Waals surface area contributed by atoms with E-state index in [0.717, 1.165) is 34.9 Å². The van der Waals surface area contributed by atoms with E-state index in [9.17, 15) is 0 Å². The summed E-state index contributed by atoms with van der Waals surface area (Å²) in [5, 5.41) is 4.95. The van der Waals surface area contributed by atoms with E-state index in [4.69, 9.17) is 0 Å². The summed E-state index contributed by atoms with van der Waals surface area (Å²) in [6.07, 6.45) is 0.793. The minimum absolute atomic E-state index is 0.793. The molecule has 10 rings (SSSR count). The second-order valence-corrected chi connectivity index (χ2v) is 14.9. The Hall–Kier alpha value is -7.68. The number of benzene rings is 10. The van der Waals surface area contributed by atoms with Gasteiger partial charge in [-0.3, -0.25) is 0 Å². The van der Waals surface area contributed by atoms with Gasteiger partial charge in [-0.1, -0.05) is 188 Å². The first-order chi connectivity index (χ1) is 29.3. The van der Waals surface area contributed by atoms with Crippen LogP contribution in [0.4, 0.5) is 34.1 Å². The number of anilines is 6. The smallest absolute Gasteiger partial charge is 0.0540 e. The van der Waals surface area contributed by atoms with Crippen molar-refractivity contribution < 1.29 is 0 Å². The molecule has 2 nitrogen and oxygen atoms in total. The standard InChI is InChI=1S/C57H42N2/c1-3-22-48(23-4-1)58(50-39-37-45(38-40-50)52-29-15-20-43-17-7-10-26-51(43)52)55-30-13-9-19-47(55)41-42-33-35-46(36-34-42)54-28-12-14-31-56(54)59(49-24-5-2-6-25-49)57-32-16-21-44-18-8-11-27-53(44)57/h1-40H,41H2. The lowest BCUT2D eigenvalue weighted by molar-refractivity contribution is 1.15. The third kappa shape index (κ3) is 7.14. The van der Waals surface area contributed by atoms with Crippen molar-refractivity contribution in [2.45, 2.75) is 6.42 Å². The maximum atomic E-state index is 2.40. The van der Waals surface area contributed by atoms with E-state index in [0.29, 0.717) is 0 Å². The van der Waals surface area contributed by atoms with Crippen LogP contribution in [0.15, 0.2) is 243 Å². The molecule has 280 valence electrons. The van der Waals surface area contributed by atoms with Crippen LogP contribution in [-0.2, 0) is 6.42 Å². The van der Waals surface area contributed by atoms with Gasteiger partial charge in [-0.15, -0.1) is 0 Å². The molecule has 0 atom stereocenters. The van der Waals surface area contributed by atoms with Crippen LogP contribution < -0.4 is 9.80 Å². The predicted molar refractivity (Wildman–Crippen MR) is 251 cm³/mol. The first kappa shape index (κ1) is 35.7. The van der Waals surface area contributed by atoms with Crippen LogP contribution in [-0.4, -0.2) is 0 Å². The molecule has 0 fully saturated rings. The molecule has 0 saturated heterocycles. The third-order valence-electron chi connectivity index (χ3n) is 11.3. The Morgan fingerprint density at radius 2 is 0.729 bits per heavy atom. The summed E-state index contributed by atoms with van der Waals surface area (Å²) >= 11 is 0. The molecule has 0 spiro atoms. The Morgan fingerprint density at radius 1 is 0.271 bits per heavy atom. The molecule has 2 heteroatoms. The highest BCUT2D eigenvalue weighted by Crippen LogP contribution is 2.44. The van der Waals surface area contributed by atoms with Gasteiger partial charge in [-0.25, -0.2) is 0 Å². The Morgan fingerprint density at radius 3 is 1.46 bits per heavy atom. The molecule has 59 heavy (non-hydrogen) atoms. The lowest BCUT2D eigenvalue weighted by Gasteiger charge is -2.29. The van der Waals surface area contributed by atoms with E-state index in [1.807, 2.05) is 0 Å². The van der Waals surface area contributed by atoms with Gasteiger partial charge in [0.25, 0.3) is 0 Å². The van der Waals surface area contributed by atoms with E-state index in [-0.39, 0.29) is 0 Å². The van der Waals surface area contributed by atoms with Crippen LogP contribution in [0.5, 0.6) is 0 Å². The zero-order valence-corrected chi connectivity index (χ0v) is 32.7. The summed E-state index contributed by atoms with van der Waals surface area (Å²) < 4.78 is 0. The molecule has 0 amide bonds. The van der Waals surface area contributed by atoms with Gasteiger partial charge in [0.15, 0.2) is 0 Å². The van der Waals surface area contributed by atoms with Crippen LogP contribution in [0.2, 0.25) is 0 Å². The zero-order valence-electron chi connectivity index (χ0n) is 32.7. The largest absolute Gasteiger partial charge is 0.310 e. The maximum Gasteiger partial charge on any atom is 0.0540 e. The monoisotopic (exact) mass is 754 g/mol. The average molecular weight is 755 g/mol. The molecule has 10 aromatic carbocycles. The fraction of sp³-hybridized carbons (Fsp3) is 0.0175. The normalized spacial score (nSPS) is 11.1. The molecule has 0 bridgehead atoms. The van der Waals surface area contributed by atoms with Crippen molar-refractivity contribution in [3.63, 3.8) is 0 Å². The van der Waals surface area contributed by atoms with Gasteiger partial charge in [-0.2, -0.15) is 0 Å². The van der Waals surface area contributed by atoms with Gasteiger partial charge in [-0.05, 0) is 105 Å². The van der Waals surface area contributed by atoms with E-state index in [1.54, 1.807) is 0 Å². The van der Waals surface area contributed by atoms with Crippen LogP contribution >= 0.6 is 0 Å². The number of para-hydroxylation sites is 4. The molecule has 10 aromatic rings. The Labute approximate surface area is 346 Å². The van der Waals surface area contributed by atoms with E-state index >= 15 is 0 Å². The van der Waals surface area contributed by atoms with Crippen LogP contribution in [0.25, 0.3) is 43.8 Å². The molecule has 0 aromatic heterocycles. The molecule has 0 aliphatic heterocycles. The molecule has 0 radical (unpaired) electrons. The fourth-order valence-corrected chi connectivity index (χ4v) is 8.47. The minimum atomic E-state index is 0.793. The van der Waals surface area contributed by atoms with Crippen molar-refractivity contribution in [1.29, 1.82) is 0 Å².